The van der Waals surface area contributed by atoms with E-state index in [-0.39, 0.29) is 12.3 Å². The van der Waals surface area contributed by atoms with Crippen molar-refractivity contribution in [1.82, 2.24) is 5.32 Å². The Morgan fingerprint density at radius 1 is 0.909 bits per heavy atom. The highest BCUT2D eigenvalue weighted by Crippen LogP contribution is 2.43. The van der Waals surface area contributed by atoms with Crippen LogP contribution in [0.2, 0.25) is 0 Å². The van der Waals surface area contributed by atoms with Gasteiger partial charge in [-0.3, -0.25) is 4.79 Å². The minimum atomic E-state index is -1.32. The summed E-state index contributed by atoms with van der Waals surface area (Å²) in [6, 6.07) is 17.2. The lowest BCUT2D eigenvalue weighted by atomic mass is 9.95. The van der Waals surface area contributed by atoms with E-state index in [1.807, 2.05) is 30.3 Å². The number of hydrogen-bond donors (Lipinski definition) is 1. The molecule has 1 aliphatic rings. The summed E-state index contributed by atoms with van der Waals surface area (Å²) in [6.07, 6.45) is -0.0885. The van der Waals surface area contributed by atoms with E-state index >= 15 is 0 Å². The van der Waals surface area contributed by atoms with Gasteiger partial charge >= 0.3 is 0 Å². The lowest BCUT2D eigenvalue weighted by Crippen LogP contribution is -2.32. The molecule has 1 aliphatic heterocycles. The number of methoxy groups -OCH3 is 3. The van der Waals surface area contributed by atoms with E-state index in [9.17, 15) is 9.18 Å². The van der Waals surface area contributed by atoms with Crippen molar-refractivity contribution in [2.24, 2.45) is 9.98 Å². The van der Waals surface area contributed by atoms with Gasteiger partial charge in [-0.2, -0.15) is 0 Å². The molecule has 0 saturated carbocycles. The third kappa shape index (κ3) is 4.50. The lowest BCUT2D eigenvalue weighted by Gasteiger charge is -2.25. The Morgan fingerprint density at radius 3 is 2.21 bits per heavy atom. The minimum Gasteiger partial charge on any atom is -0.493 e. The highest BCUT2D eigenvalue weighted by molar-refractivity contribution is 5.78. The fourth-order valence-corrected chi connectivity index (χ4v) is 3.81. The standard InChI is InChI=1S/C25H24FN3O4/c1-31-21-11-17(12-22(32-2)24(21)33-3)25(28-19-10-9-18(26)13-20(19)29-25)14-23(30)27-15-16-7-5-4-6-8-16/h4-13H,14-15H2,1-3H3,(H,27,30). The van der Waals surface area contributed by atoms with E-state index in [1.165, 1.54) is 33.5 Å². The molecular weight excluding hydrogens is 425 g/mol. The van der Waals surface area contributed by atoms with E-state index in [1.54, 1.807) is 18.2 Å². The zero-order chi connectivity index (χ0) is 23.4. The molecule has 8 heteroatoms. The monoisotopic (exact) mass is 449 g/mol. The second-order valence-electron chi connectivity index (χ2n) is 7.53. The molecule has 0 bridgehead atoms. The van der Waals surface area contributed by atoms with Gasteiger partial charge in [0.1, 0.15) is 5.82 Å². The van der Waals surface area contributed by atoms with Crippen molar-refractivity contribution in [2.45, 2.75) is 18.6 Å². The van der Waals surface area contributed by atoms with Crippen LogP contribution in [0.15, 0.2) is 70.6 Å². The lowest BCUT2D eigenvalue weighted by molar-refractivity contribution is -0.122. The van der Waals surface area contributed by atoms with Gasteiger partial charge in [0.15, 0.2) is 17.2 Å². The van der Waals surface area contributed by atoms with Crippen molar-refractivity contribution in [1.29, 1.82) is 0 Å². The average Bonchev–Trinajstić information content (AvgIpc) is 3.20. The fraction of sp³-hybridized carbons (Fsp3) is 0.240. The van der Waals surface area contributed by atoms with E-state index in [0.717, 1.165) is 5.56 Å². The normalized spacial score (nSPS) is 16.2. The van der Waals surface area contributed by atoms with E-state index in [4.69, 9.17) is 24.2 Å². The molecule has 1 amide bonds. The number of hydrogen-bond acceptors (Lipinski definition) is 6. The molecule has 3 aromatic carbocycles. The predicted octanol–water partition coefficient (Wildman–Crippen LogP) is 2.66. The molecule has 0 saturated heterocycles. The number of ether oxygens (including phenoxy) is 3. The highest BCUT2D eigenvalue weighted by atomic mass is 19.1. The Labute approximate surface area is 190 Å². The molecule has 1 unspecified atom stereocenters. The van der Waals surface area contributed by atoms with Gasteiger partial charge < -0.3 is 19.5 Å². The molecule has 170 valence electrons. The third-order valence-electron chi connectivity index (χ3n) is 5.41. The predicted molar refractivity (Wildman–Crippen MR) is 119 cm³/mol. The van der Waals surface area contributed by atoms with Crippen LogP contribution in [0.1, 0.15) is 17.5 Å². The second-order valence-corrected chi connectivity index (χ2v) is 7.53. The van der Waals surface area contributed by atoms with Gasteiger partial charge in [-0.1, -0.05) is 30.3 Å². The van der Waals surface area contributed by atoms with Crippen molar-refractivity contribution in [2.75, 3.05) is 21.3 Å². The average molecular weight is 449 g/mol. The van der Waals surface area contributed by atoms with Gasteiger partial charge in [0, 0.05) is 18.2 Å². The number of nitrogens with one attached hydrogen (secondary N) is 1. The molecule has 0 aromatic heterocycles. The first-order valence-corrected chi connectivity index (χ1v) is 10.3. The van der Waals surface area contributed by atoms with Crippen molar-refractivity contribution < 1.29 is 23.4 Å². The van der Waals surface area contributed by atoms with Crippen LogP contribution in [0.4, 0.5) is 4.39 Å². The smallest absolute Gasteiger partial charge is 0.225 e. The van der Waals surface area contributed by atoms with E-state index in [2.05, 4.69) is 5.32 Å². The van der Waals surface area contributed by atoms with Gasteiger partial charge in [-0.15, -0.1) is 0 Å². The number of carbonyl (C=O) groups is 1. The molecule has 0 radical (unpaired) electrons. The van der Waals surface area contributed by atoms with Crippen molar-refractivity contribution >= 4 is 5.91 Å². The largest absolute Gasteiger partial charge is 0.493 e. The molecule has 0 fully saturated rings. The van der Waals surface area contributed by atoms with Gasteiger partial charge in [-0.05, 0) is 29.8 Å². The number of rotatable bonds is 8. The Balaban J connectivity index is 1.76. The zero-order valence-corrected chi connectivity index (χ0v) is 18.6. The summed E-state index contributed by atoms with van der Waals surface area (Å²) >= 11 is 0. The maximum absolute atomic E-state index is 13.9. The Bertz CT molecular complexity index is 1270. The van der Waals surface area contributed by atoms with Gasteiger partial charge in [-0.25, -0.2) is 14.4 Å². The molecule has 33 heavy (non-hydrogen) atoms. The van der Waals surface area contributed by atoms with E-state index < -0.39 is 11.5 Å². The maximum Gasteiger partial charge on any atom is 0.225 e. The third-order valence-corrected chi connectivity index (χ3v) is 5.41. The van der Waals surface area contributed by atoms with Crippen LogP contribution in [0.3, 0.4) is 0 Å². The second kappa shape index (κ2) is 9.28. The molecule has 1 heterocycles. The summed E-state index contributed by atoms with van der Waals surface area (Å²) in [5, 5.41) is 3.79. The first kappa shape index (κ1) is 22.3. The summed E-state index contributed by atoms with van der Waals surface area (Å²) < 4.78 is 30.3. The molecular formula is C25H24FN3O4. The van der Waals surface area contributed by atoms with E-state index in [0.29, 0.717) is 40.1 Å². The number of fused-ring (bicyclic) bond motifs is 1. The SMILES string of the molecule is COc1cc(C2(CC(=O)NCc3ccccc3)N=c3ccc(F)cc3=N2)cc(OC)c1OC. The summed E-state index contributed by atoms with van der Waals surface area (Å²) in [6.45, 7) is 0.368. The molecule has 0 aliphatic carbocycles. The topological polar surface area (TPSA) is 81.5 Å². The minimum absolute atomic E-state index is 0.0885. The summed E-state index contributed by atoms with van der Waals surface area (Å²) in [5.41, 5.74) is 0.214. The van der Waals surface area contributed by atoms with Crippen LogP contribution in [0.5, 0.6) is 17.2 Å². The van der Waals surface area contributed by atoms with Crippen molar-refractivity contribution in [3.05, 3.63) is 88.3 Å². The molecule has 0 spiro atoms. The summed E-state index contributed by atoms with van der Waals surface area (Å²) in [5.74, 6) is 0.538. The molecule has 1 atom stereocenters. The van der Waals surface area contributed by atoms with Gasteiger partial charge in [0.25, 0.3) is 0 Å². The number of carbonyl (C=O) groups excluding carboxylic acids is 1. The van der Waals surface area contributed by atoms with Crippen LogP contribution >= 0.6 is 0 Å². The molecule has 3 aromatic rings. The number of amides is 1. The quantitative estimate of drug-likeness (QED) is 0.573. The summed E-state index contributed by atoms with van der Waals surface area (Å²) in [4.78, 5) is 22.5. The van der Waals surface area contributed by atoms with Crippen LogP contribution in [0.25, 0.3) is 0 Å². The first-order chi connectivity index (χ1) is 16.0. The number of halogens is 1. The maximum atomic E-state index is 13.9. The van der Waals surface area contributed by atoms with Crippen LogP contribution in [-0.4, -0.2) is 27.2 Å². The Morgan fingerprint density at radius 2 is 1.58 bits per heavy atom. The fourth-order valence-electron chi connectivity index (χ4n) is 3.81. The highest BCUT2D eigenvalue weighted by Gasteiger charge is 2.38. The first-order valence-electron chi connectivity index (χ1n) is 10.3. The number of benzene rings is 3. The Kier molecular flexibility index (Phi) is 6.26. The van der Waals surface area contributed by atoms with Crippen LogP contribution < -0.4 is 30.2 Å². The van der Waals surface area contributed by atoms with Crippen molar-refractivity contribution in [3.8, 4) is 17.2 Å². The molecule has 4 rings (SSSR count). The summed E-state index contributed by atoms with van der Waals surface area (Å²) in [7, 11) is 4.52. The molecule has 1 N–H and O–H groups in total. The van der Waals surface area contributed by atoms with Crippen LogP contribution in [0, 0.1) is 5.82 Å². The van der Waals surface area contributed by atoms with Crippen molar-refractivity contribution in [3.63, 3.8) is 0 Å². The van der Waals surface area contributed by atoms with Gasteiger partial charge in [0.05, 0.1) is 38.5 Å². The number of nitrogens with zero attached hydrogens (tertiary/aromatic N) is 2. The Hall–Kier alpha value is -3.94. The zero-order valence-electron chi connectivity index (χ0n) is 18.6. The van der Waals surface area contributed by atoms with Gasteiger partial charge in [0.2, 0.25) is 11.7 Å². The molecule has 7 nitrogen and oxygen atoms in total. The van der Waals surface area contributed by atoms with Crippen LogP contribution in [-0.2, 0) is 17.0 Å².